The molecule has 0 atom stereocenters. The zero-order valence-electron chi connectivity index (χ0n) is 51.0. The van der Waals surface area contributed by atoms with Gasteiger partial charge in [0.2, 0.25) is 0 Å². The van der Waals surface area contributed by atoms with Crippen molar-refractivity contribution < 1.29 is 37.2 Å². The maximum atomic E-state index is 9.54. The summed E-state index contributed by atoms with van der Waals surface area (Å²) in [5.41, 5.74) is 13.7. The maximum absolute atomic E-state index is 9.54. The standard InChI is InChI=1S/C54H50N3O2.C14H15N2.Ir/c1-29(2)38-23-35(34-16-19-42-43(25-34)54(9,10)21-20-53(42,7)8)24-39(30(3)4)50(38)57-49-32(6)12-11-13-44(49)56-52(57)37-17-14-31(5)48-41-27-46-40(26-47(41)59-51(37)48)36-18-15-33(28-55)22-45(36)58-46;1-14(2,3)12-9-10-15-13(16-12)11-7-5-4-6-8-11;/h11-16,18-19,22-27,29-30H,20-21H2,1-10H3;4-7,9-10H,1-3H3;/q2*-1;/i5D3,6D3;;. The molecule has 0 saturated carbocycles. The predicted molar refractivity (Wildman–Crippen MR) is 308 cm³/mol. The van der Waals surface area contributed by atoms with Crippen LogP contribution in [0, 0.1) is 37.2 Å². The molecule has 0 spiro atoms. The van der Waals surface area contributed by atoms with Crippen molar-refractivity contribution in [2.45, 2.75) is 131 Å². The third-order valence-corrected chi connectivity index (χ3v) is 15.4. The third-order valence-electron chi connectivity index (χ3n) is 15.4. The van der Waals surface area contributed by atoms with Gasteiger partial charge in [-0.1, -0.05) is 124 Å². The van der Waals surface area contributed by atoms with Crippen molar-refractivity contribution in [3.05, 3.63) is 178 Å². The van der Waals surface area contributed by atoms with E-state index in [1.807, 2.05) is 59.3 Å². The Morgan fingerprint density at radius 2 is 1.42 bits per heavy atom. The topological polar surface area (TPSA) is 93.7 Å². The SMILES string of the molecule is CC(C)(C)c1ccnc(-c2[c-]cccc2)n1.[2H]C([2H])([2H])c1c[c-]c(-c2nc3cccc(C([2H])([2H])[2H])c3n2-c2c(C(C)C)cc(-c3ccc4c(c3)C(C)(C)CCC4(C)C)cc2C(C)C)c2oc3cc4c(cc3c12)oc1cc(C#N)ccc14.[Ir]. The van der Waals surface area contributed by atoms with Crippen molar-refractivity contribution in [2.75, 3.05) is 0 Å². The summed E-state index contributed by atoms with van der Waals surface area (Å²) in [5, 5.41) is 12.0. The number of hydrogen-bond donors (Lipinski definition) is 0. The second-order valence-electron chi connectivity index (χ2n) is 23.2. The maximum Gasteiger partial charge on any atom is 0.136 e. The first-order valence-corrected chi connectivity index (χ1v) is 26.0. The minimum atomic E-state index is -2.55. The van der Waals surface area contributed by atoms with Gasteiger partial charge in [0.05, 0.1) is 39.9 Å². The number of furan rings is 2. The molecule has 0 fully saturated rings. The van der Waals surface area contributed by atoms with Gasteiger partial charge in [-0.2, -0.15) is 5.26 Å². The van der Waals surface area contributed by atoms with Crippen LogP contribution in [0.3, 0.4) is 0 Å². The summed E-state index contributed by atoms with van der Waals surface area (Å²) in [7, 11) is 0. The number of imidazole rings is 1. The second kappa shape index (κ2) is 19.4. The zero-order chi connectivity index (χ0) is 57.9. The van der Waals surface area contributed by atoms with Gasteiger partial charge < -0.3 is 13.4 Å². The van der Waals surface area contributed by atoms with Gasteiger partial charge in [0.15, 0.2) is 0 Å². The molecule has 0 aliphatic heterocycles. The van der Waals surface area contributed by atoms with Crippen LogP contribution in [0.1, 0.15) is 154 Å². The van der Waals surface area contributed by atoms with E-state index in [1.54, 1.807) is 30.3 Å². The van der Waals surface area contributed by atoms with Crippen LogP contribution in [-0.2, 0) is 36.4 Å². The van der Waals surface area contributed by atoms with E-state index in [1.165, 1.54) is 17.2 Å². The van der Waals surface area contributed by atoms with E-state index in [0.717, 1.165) is 68.6 Å². The number of hydrogen-bond acceptors (Lipinski definition) is 6. The van der Waals surface area contributed by atoms with Crippen molar-refractivity contribution in [3.8, 4) is 45.7 Å². The molecule has 1 aliphatic carbocycles. The van der Waals surface area contributed by atoms with Gasteiger partial charge in [-0.15, -0.1) is 53.6 Å². The Hall–Kier alpha value is -7.17. The van der Waals surface area contributed by atoms with Crippen molar-refractivity contribution in [1.82, 2.24) is 19.5 Å². The van der Waals surface area contributed by atoms with Gasteiger partial charge in [0, 0.05) is 67.5 Å². The number of aryl methyl sites for hydroxylation is 2. The number of nitriles is 1. The number of fused-ring (bicyclic) bond motifs is 8. The summed E-state index contributed by atoms with van der Waals surface area (Å²) in [6.07, 6.45) is 4.04. The molecule has 0 bridgehead atoms. The molecule has 11 aromatic rings. The molecule has 4 aromatic heterocycles. The van der Waals surface area contributed by atoms with E-state index in [2.05, 4.69) is 135 Å². The van der Waals surface area contributed by atoms with Crippen LogP contribution in [0.15, 0.2) is 130 Å². The first-order valence-electron chi connectivity index (χ1n) is 29.0. The molecule has 4 heterocycles. The largest absolute Gasteiger partial charge is 0.501 e. The smallest absolute Gasteiger partial charge is 0.136 e. The minimum Gasteiger partial charge on any atom is -0.501 e. The molecule has 0 unspecified atom stereocenters. The van der Waals surface area contributed by atoms with Crippen LogP contribution >= 0.6 is 0 Å². The van der Waals surface area contributed by atoms with Crippen LogP contribution in [0.5, 0.6) is 0 Å². The fourth-order valence-electron chi connectivity index (χ4n) is 11.0. The zero-order valence-corrected chi connectivity index (χ0v) is 47.4. The van der Waals surface area contributed by atoms with Crippen molar-refractivity contribution in [1.29, 1.82) is 5.26 Å². The van der Waals surface area contributed by atoms with Crippen LogP contribution in [0.2, 0.25) is 0 Å². The Balaban J connectivity index is 0.000000381. The van der Waals surface area contributed by atoms with Crippen molar-refractivity contribution >= 4 is 54.9 Å². The van der Waals surface area contributed by atoms with Crippen LogP contribution in [0.4, 0.5) is 0 Å². The van der Waals surface area contributed by atoms with Crippen LogP contribution < -0.4 is 0 Å². The van der Waals surface area contributed by atoms with Gasteiger partial charge in [-0.25, -0.2) is 0 Å². The number of rotatable bonds is 6. The van der Waals surface area contributed by atoms with Gasteiger partial charge in [-0.3, -0.25) is 15.0 Å². The first-order chi connectivity index (χ1) is 38.1. The van der Waals surface area contributed by atoms with E-state index >= 15 is 0 Å². The first kappa shape index (κ1) is 45.1. The number of para-hydroxylation sites is 1. The molecular weight excluding hydrogens is 1110 g/mol. The number of benzene rings is 7. The summed E-state index contributed by atoms with van der Waals surface area (Å²) < 4.78 is 67.5. The second-order valence-corrected chi connectivity index (χ2v) is 23.2. The predicted octanol–water partition coefficient (Wildman–Crippen LogP) is 18.3. The molecule has 7 aromatic carbocycles. The van der Waals surface area contributed by atoms with Gasteiger partial charge in [0.1, 0.15) is 16.7 Å². The minimum absolute atomic E-state index is 0. The molecule has 1 aliphatic rings. The Kier molecular flexibility index (Phi) is 11.5. The fraction of sp³-hybridized carbons (Fsp3) is 0.294. The molecule has 76 heavy (non-hydrogen) atoms. The monoisotopic (exact) mass is 1180 g/mol. The average Bonchev–Trinajstić information content (AvgIpc) is 1.90. The molecule has 8 heteroatoms. The Labute approximate surface area is 469 Å². The molecule has 0 saturated heterocycles. The molecule has 0 amide bonds. The van der Waals surface area contributed by atoms with Crippen LogP contribution in [0.25, 0.3) is 94.5 Å². The molecular formula is C68H65IrN5O2-2. The Morgan fingerprint density at radius 1 is 0.711 bits per heavy atom. The average molecular weight is 1180 g/mol. The molecule has 7 nitrogen and oxygen atoms in total. The van der Waals surface area contributed by atoms with Gasteiger partial charge in [-0.05, 0) is 136 Å². The summed E-state index contributed by atoms with van der Waals surface area (Å²) in [6.45, 7) is 19.4. The Bertz CT molecular complexity index is 4310. The quantitative estimate of drug-likeness (QED) is 0.154. The van der Waals surface area contributed by atoms with E-state index in [4.69, 9.17) is 22.0 Å². The summed E-state index contributed by atoms with van der Waals surface area (Å²) in [5.74, 6) is 1.10. The molecule has 12 rings (SSSR count). The Morgan fingerprint density at radius 3 is 2.11 bits per heavy atom. The fourth-order valence-corrected chi connectivity index (χ4v) is 11.0. The van der Waals surface area contributed by atoms with Crippen molar-refractivity contribution in [3.63, 3.8) is 0 Å². The molecule has 1 radical (unpaired) electrons. The van der Waals surface area contributed by atoms with Crippen LogP contribution in [-0.4, -0.2) is 19.5 Å². The van der Waals surface area contributed by atoms with Crippen molar-refractivity contribution in [2.24, 2.45) is 0 Å². The molecule has 385 valence electrons. The molecule has 0 N–H and O–H groups in total. The third kappa shape index (κ3) is 9.06. The number of nitrogens with zero attached hydrogens (tertiary/aromatic N) is 5. The van der Waals surface area contributed by atoms with E-state index in [9.17, 15) is 5.26 Å². The summed E-state index contributed by atoms with van der Waals surface area (Å²) in [4.78, 5) is 14.1. The summed E-state index contributed by atoms with van der Waals surface area (Å²) in [6, 6.07) is 45.4. The van der Waals surface area contributed by atoms with Gasteiger partial charge in [0.25, 0.3) is 0 Å². The van der Waals surface area contributed by atoms with E-state index in [0.29, 0.717) is 55.5 Å². The summed E-state index contributed by atoms with van der Waals surface area (Å²) >= 11 is 0. The van der Waals surface area contributed by atoms with Gasteiger partial charge >= 0.3 is 0 Å². The normalized spacial score (nSPS) is 15.6. The number of aromatic nitrogens is 4. The van der Waals surface area contributed by atoms with E-state index in [-0.39, 0.29) is 64.9 Å². The van der Waals surface area contributed by atoms with E-state index < -0.39 is 13.7 Å².